The number of rotatable bonds is 6. The van der Waals surface area contributed by atoms with Crippen LogP contribution in [-0.4, -0.2) is 35.9 Å². The molecule has 0 aliphatic rings. The minimum atomic E-state index is -0.964. The summed E-state index contributed by atoms with van der Waals surface area (Å²) in [5.41, 5.74) is 0.557. The van der Waals surface area contributed by atoms with Gasteiger partial charge in [-0.25, -0.2) is 0 Å². The van der Waals surface area contributed by atoms with Crippen LogP contribution in [0.1, 0.15) is 18.1 Å². The maximum absolute atomic E-state index is 10.0. The zero-order chi connectivity index (χ0) is 12.8. The lowest BCUT2D eigenvalue weighted by Gasteiger charge is -2.20. The molecule has 1 rings (SSSR count). The molecule has 0 aromatic heterocycles. The Morgan fingerprint density at radius 2 is 1.94 bits per heavy atom. The fourth-order valence-electron chi connectivity index (χ4n) is 1.54. The Morgan fingerprint density at radius 1 is 1.24 bits per heavy atom. The maximum atomic E-state index is 10.0. The number of methoxy groups -OCH3 is 2. The smallest absolute Gasteiger partial charge is 0.128 e. The third-order valence-electron chi connectivity index (χ3n) is 2.53. The molecule has 0 spiro atoms. The maximum Gasteiger partial charge on any atom is 0.128 e. The van der Waals surface area contributed by atoms with Crippen molar-refractivity contribution >= 4 is 15.9 Å². The Kier molecular flexibility index (Phi) is 5.74. The molecule has 17 heavy (non-hydrogen) atoms. The second-order valence-corrected chi connectivity index (χ2v) is 4.39. The highest BCUT2D eigenvalue weighted by Gasteiger charge is 2.21. The zero-order valence-corrected chi connectivity index (χ0v) is 11.5. The molecule has 0 aliphatic heterocycles. The fourth-order valence-corrected chi connectivity index (χ4v) is 2.01. The van der Waals surface area contributed by atoms with E-state index in [4.69, 9.17) is 9.47 Å². The molecule has 0 saturated heterocycles. The number of aliphatic hydroxyl groups excluding tert-OH is 2. The van der Waals surface area contributed by atoms with Crippen LogP contribution in [0, 0.1) is 0 Å². The van der Waals surface area contributed by atoms with Gasteiger partial charge in [-0.15, -0.1) is 0 Å². The number of benzene rings is 1. The van der Waals surface area contributed by atoms with Crippen LogP contribution in [0.4, 0.5) is 0 Å². The summed E-state index contributed by atoms with van der Waals surface area (Å²) < 4.78 is 10.2. The van der Waals surface area contributed by atoms with E-state index in [0.717, 1.165) is 0 Å². The standard InChI is InChI=1S/C12H17BrO4/c1-16-8-3-4-9(11(7-8)17-2)12(15)10(14)5-6-13/h3-4,7,10,12,14-15H,5-6H2,1-2H3. The van der Waals surface area contributed by atoms with Crippen LogP contribution in [0.2, 0.25) is 0 Å². The third-order valence-corrected chi connectivity index (χ3v) is 2.99. The van der Waals surface area contributed by atoms with Gasteiger partial charge in [-0.3, -0.25) is 0 Å². The van der Waals surface area contributed by atoms with Gasteiger partial charge < -0.3 is 19.7 Å². The van der Waals surface area contributed by atoms with Crippen LogP contribution in [0.25, 0.3) is 0 Å². The van der Waals surface area contributed by atoms with E-state index in [2.05, 4.69) is 15.9 Å². The molecule has 1 aromatic carbocycles. The molecule has 96 valence electrons. The van der Waals surface area contributed by atoms with E-state index in [1.807, 2.05) is 0 Å². The molecule has 0 bridgehead atoms. The first kappa shape index (κ1) is 14.3. The average Bonchev–Trinajstić information content (AvgIpc) is 2.37. The Bertz CT molecular complexity index is 356. The first-order valence-electron chi connectivity index (χ1n) is 5.28. The van der Waals surface area contributed by atoms with Gasteiger partial charge in [0.1, 0.15) is 17.6 Å². The molecule has 0 radical (unpaired) electrons. The van der Waals surface area contributed by atoms with E-state index in [-0.39, 0.29) is 0 Å². The molecular weight excluding hydrogens is 288 g/mol. The van der Waals surface area contributed by atoms with Gasteiger partial charge in [0.2, 0.25) is 0 Å². The fraction of sp³-hybridized carbons (Fsp3) is 0.500. The lowest BCUT2D eigenvalue weighted by atomic mass is 10.0. The largest absolute Gasteiger partial charge is 0.497 e. The number of halogens is 1. The summed E-state index contributed by atoms with van der Waals surface area (Å²) in [7, 11) is 3.08. The van der Waals surface area contributed by atoms with Crippen LogP contribution in [-0.2, 0) is 0 Å². The van der Waals surface area contributed by atoms with Gasteiger partial charge in [0.05, 0.1) is 20.3 Å². The first-order chi connectivity index (χ1) is 8.13. The van der Waals surface area contributed by atoms with Gasteiger partial charge in [-0.2, -0.15) is 0 Å². The quantitative estimate of drug-likeness (QED) is 0.788. The summed E-state index contributed by atoms with van der Waals surface area (Å²) in [6, 6.07) is 5.10. The molecule has 0 saturated carbocycles. The number of hydrogen-bond donors (Lipinski definition) is 2. The highest BCUT2D eigenvalue weighted by atomic mass is 79.9. The van der Waals surface area contributed by atoms with Crippen LogP contribution in [0.5, 0.6) is 11.5 Å². The Labute approximate surface area is 109 Å². The first-order valence-corrected chi connectivity index (χ1v) is 6.40. The van der Waals surface area contributed by atoms with E-state index in [1.54, 1.807) is 25.3 Å². The lowest BCUT2D eigenvalue weighted by molar-refractivity contribution is 0.0160. The average molecular weight is 305 g/mol. The van der Waals surface area contributed by atoms with Crippen LogP contribution in [0.3, 0.4) is 0 Å². The molecule has 0 aliphatic carbocycles. The molecule has 1 aromatic rings. The van der Waals surface area contributed by atoms with Crippen molar-refractivity contribution in [3.63, 3.8) is 0 Å². The van der Waals surface area contributed by atoms with E-state index in [0.29, 0.717) is 28.8 Å². The normalized spacial score (nSPS) is 14.2. The second-order valence-electron chi connectivity index (χ2n) is 3.60. The Hall–Kier alpha value is -0.780. The predicted molar refractivity (Wildman–Crippen MR) is 68.9 cm³/mol. The lowest BCUT2D eigenvalue weighted by Crippen LogP contribution is -2.19. The van der Waals surface area contributed by atoms with Crippen molar-refractivity contribution in [2.75, 3.05) is 19.5 Å². The number of hydrogen-bond acceptors (Lipinski definition) is 4. The summed E-state index contributed by atoms with van der Waals surface area (Å²) in [5, 5.41) is 20.4. The van der Waals surface area contributed by atoms with Crippen LogP contribution < -0.4 is 9.47 Å². The zero-order valence-electron chi connectivity index (χ0n) is 9.89. The summed E-state index contributed by atoms with van der Waals surface area (Å²) >= 11 is 3.23. The summed E-state index contributed by atoms with van der Waals surface area (Å²) in [6.07, 6.45) is -1.32. The van der Waals surface area contributed by atoms with E-state index in [1.165, 1.54) is 7.11 Å². The van der Waals surface area contributed by atoms with Crippen molar-refractivity contribution < 1.29 is 19.7 Å². The minimum absolute atomic E-state index is 0.469. The SMILES string of the molecule is COc1ccc(C(O)C(O)CCBr)c(OC)c1. The number of alkyl halides is 1. The molecule has 0 amide bonds. The molecule has 5 heteroatoms. The van der Waals surface area contributed by atoms with Crippen LogP contribution in [0.15, 0.2) is 18.2 Å². The second kappa shape index (κ2) is 6.83. The van der Waals surface area contributed by atoms with Gasteiger partial charge in [0.25, 0.3) is 0 Å². The van der Waals surface area contributed by atoms with Gasteiger partial charge in [-0.05, 0) is 18.6 Å². The highest BCUT2D eigenvalue weighted by Crippen LogP contribution is 2.31. The van der Waals surface area contributed by atoms with Crippen LogP contribution >= 0.6 is 15.9 Å². The van der Waals surface area contributed by atoms with Gasteiger partial charge in [-0.1, -0.05) is 15.9 Å². The Balaban J connectivity index is 2.96. The summed E-state index contributed by atoms with van der Waals surface area (Å²) in [4.78, 5) is 0. The van der Waals surface area contributed by atoms with Crippen molar-refractivity contribution in [3.8, 4) is 11.5 Å². The van der Waals surface area contributed by atoms with Gasteiger partial charge in [0.15, 0.2) is 0 Å². The summed E-state index contributed by atoms with van der Waals surface area (Å²) in [5.74, 6) is 1.15. The number of aliphatic hydroxyl groups is 2. The van der Waals surface area contributed by atoms with Gasteiger partial charge in [0, 0.05) is 17.0 Å². The van der Waals surface area contributed by atoms with Crippen molar-refractivity contribution in [2.24, 2.45) is 0 Å². The molecule has 4 nitrogen and oxygen atoms in total. The predicted octanol–water partition coefficient (Wildman–Crippen LogP) is 1.88. The van der Waals surface area contributed by atoms with E-state index < -0.39 is 12.2 Å². The van der Waals surface area contributed by atoms with Gasteiger partial charge >= 0.3 is 0 Å². The molecular formula is C12H17BrO4. The third kappa shape index (κ3) is 3.59. The van der Waals surface area contributed by atoms with Crippen molar-refractivity contribution in [1.82, 2.24) is 0 Å². The molecule has 2 atom stereocenters. The topological polar surface area (TPSA) is 58.9 Å². The highest BCUT2D eigenvalue weighted by molar-refractivity contribution is 9.09. The van der Waals surface area contributed by atoms with Crippen molar-refractivity contribution in [3.05, 3.63) is 23.8 Å². The summed E-state index contributed by atoms with van der Waals surface area (Å²) in [6.45, 7) is 0. The minimum Gasteiger partial charge on any atom is -0.497 e. The monoisotopic (exact) mass is 304 g/mol. The van der Waals surface area contributed by atoms with Crippen molar-refractivity contribution in [2.45, 2.75) is 18.6 Å². The van der Waals surface area contributed by atoms with E-state index >= 15 is 0 Å². The molecule has 2 N–H and O–H groups in total. The van der Waals surface area contributed by atoms with Crippen molar-refractivity contribution in [1.29, 1.82) is 0 Å². The molecule has 0 fully saturated rings. The molecule has 2 unspecified atom stereocenters. The number of ether oxygens (including phenoxy) is 2. The van der Waals surface area contributed by atoms with E-state index in [9.17, 15) is 10.2 Å². The Morgan fingerprint density at radius 3 is 2.47 bits per heavy atom. The molecule has 0 heterocycles.